The average Bonchev–Trinajstić information content (AvgIpc) is 2.90. The summed E-state index contributed by atoms with van der Waals surface area (Å²) in [7, 11) is 0. The maximum absolute atomic E-state index is 12.6. The van der Waals surface area contributed by atoms with Crippen molar-refractivity contribution in [1.82, 2.24) is 4.90 Å². The zero-order valence-electron chi connectivity index (χ0n) is 12.0. The van der Waals surface area contributed by atoms with Crippen molar-refractivity contribution in [2.24, 2.45) is 17.6 Å². The number of nitrogens with one attached hydrogen (secondary N) is 1. The van der Waals surface area contributed by atoms with E-state index in [-0.39, 0.29) is 5.91 Å². The molecule has 21 heavy (non-hydrogen) atoms. The highest BCUT2D eigenvalue weighted by Gasteiger charge is 2.36. The van der Waals surface area contributed by atoms with E-state index in [4.69, 9.17) is 5.73 Å². The summed E-state index contributed by atoms with van der Waals surface area (Å²) in [6.45, 7) is 1.74. The van der Waals surface area contributed by atoms with E-state index in [1.54, 1.807) is 24.3 Å². The number of carbonyl (C=O) groups is 2. The molecule has 1 aromatic rings. The SMILES string of the molecule is NC(=O)Nc1cccc(C(=O)N2CC3CCCCC3C2)c1. The third-order valence-corrected chi connectivity index (χ3v) is 4.64. The number of anilines is 1. The van der Waals surface area contributed by atoms with Crippen molar-refractivity contribution < 1.29 is 9.59 Å². The van der Waals surface area contributed by atoms with Crippen LogP contribution in [0, 0.1) is 11.8 Å². The second-order valence-corrected chi connectivity index (χ2v) is 6.08. The Morgan fingerprint density at radius 1 is 1.14 bits per heavy atom. The van der Waals surface area contributed by atoms with Gasteiger partial charge in [-0.05, 0) is 42.9 Å². The first-order valence-electron chi connectivity index (χ1n) is 7.59. The third kappa shape index (κ3) is 3.01. The number of hydrogen-bond donors (Lipinski definition) is 2. The molecule has 3 rings (SSSR count). The lowest BCUT2D eigenvalue weighted by Crippen LogP contribution is -2.29. The van der Waals surface area contributed by atoms with Crippen LogP contribution in [0.2, 0.25) is 0 Å². The zero-order valence-corrected chi connectivity index (χ0v) is 12.0. The molecule has 5 heteroatoms. The lowest BCUT2D eigenvalue weighted by molar-refractivity contribution is 0.0784. The van der Waals surface area contributed by atoms with E-state index >= 15 is 0 Å². The molecule has 2 unspecified atom stereocenters. The fourth-order valence-corrected chi connectivity index (χ4v) is 3.63. The maximum atomic E-state index is 12.6. The number of likely N-dealkylation sites (tertiary alicyclic amines) is 1. The van der Waals surface area contributed by atoms with E-state index in [9.17, 15) is 9.59 Å². The van der Waals surface area contributed by atoms with Crippen LogP contribution < -0.4 is 11.1 Å². The number of nitrogens with zero attached hydrogens (tertiary/aromatic N) is 1. The van der Waals surface area contributed by atoms with E-state index in [0.717, 1.165) is 13.1 Å². The first-order chi connectivity index (χ1) is 10.1. The van der Waals surface area contributed by atoms with Gasteiger partial charge in [0.25, 0.3) is 5.91 Å². The lowest BCUT2D eigenvalue weighted by Gasteiger charge is -2.22. The molecule has 2 aliphatic rings. The van der Waals surface area contributed by atoms with Crippen LogP contribution in [0.15, 0.2) is 24.3 Å². The Balaban J connectivity index is 1.72. The van der Waals surface area contributed by atoms with E-state index in [1.165, 1.54) is 25.7 Å². The molecular formula is C16H21N3O2. The third-order valence-electron chi connectivity index (χ3n) is 4.64. The minimum atomic E-state index is -0.619. The second-order valence-electron chi connectivity index (χ2n) is 6.08. The van der Waals surface area contributed by atoms with Crippen molar-refractivity contribution in [3.05, 3.63) is 29.8 Å². The summed E-state index contributed by atoms with van der Waals surface area (Å²) in [5.74, 6) is 1.40. The smallest absolute Gasteiger partial charge is 0.316 e. The molecule has 2 fully saturated rings. The molecule has 1 aliphatic carbocycles. The number of carbonyl (C=O) groups excluding carboxylic acids is 2. The Bertz CT molecular complexity index is 544. The normalized spacial score (nSPS) is 24.5. The topological polar surface area (TPSA) is 75.4 Å². The van der Waals surface area contributed by atoms with Crippen LogP contribution in [-0.4, -0.2) is 29.9 Å². The Hall–Kier alpha value is -2.04. The van der Waals surface area contributed by atoms with Crippen LogP contribution in [0.4, 0.5) is 10.5 Å². The van der Waals surface area contributed by atoms with Gasteiger partial charge < -0.3 is 16.0 Å². The molecule has 1 aromatic carbocycles. The maximum Gasteiger partial charge on any atom is 0.316 e. The molecule has 1 heterocycles. The number of fused-ring (bicyclic) bond motifs is 1. The summed E-state index contributed by atoms with van der Waals surface area (Å²) >= 11 is 0. The van der Waals surface area contributed by atoms with Crippen LogP contribution in [0.25, 0.3) is 0 Å². The average molecular weight is 287 g/mol. The number of primary amides is 1. The molecular weight excluding hydrogens is 266 g/mol. The monoisotopic (exact) mass is 287 g/mol. The number of rotatable bonds is 2. The first kappa shape index (κ1) is 13.9. The highest BCUT2D eigenvalue weighted by atomic mass is 16.2. The van der Waals surface area contributed by atoms with Crippen LogP contribution in [0.1, 0.15) is 36.0 Å². The van der Waals surface area contributed by atoms with Gasteiger partial charge in [0.05, 0.1) is 0 Å². The summed E-state index contributed by atoms with van der Waals surface area (Å²) in [5, 5.41) is 2.51. The quantitative estimate of drug-likeness (QED) is 0.876. The zero-order chi connectivity index (χ0) is 14.8. The largest absolute Gasteiger partial charge is 0.351 e. The number of amides is 3. The van der Waals surface area contributed by atoms with Crippen molar-refractivity contribution in [2.45, 2.75) is 25.7 Å². The molecule has 0 radical (unpaired) electrons. The van der Waals surface area contributed by atoms with Gasteiger partial charge in [0.1, 0.15) is 0 Å². The summed E-state index contributed by atoms with van der Waals surface area (Å²) < 4.78 is 0. The fraction of sp³-hybridized carbons (Fsp3) is 0.500. The van der Waals surface area contributed by atoms with Crippen LogP contribution in [0.5, 0.6) is 0 Å². The Labute approximate surface area is 124 Å². The summed E-state index contributed by atoms with van der Waals surface area (Å²) in [4.78, 5) is 25.5. The number of benzene rings is 1. The van der Waals surface area contributed by atoms with Gasteiger partial charge in [-0.3, -0.25) is 4.79 Å². The Kier molecular flexibility index (Phi) is 3.82. The van der Waals surface area contributed by atoms with E-state index in [2.05, 4.69) is 5.32 Å². The number of nitrogens with two attached hydrogens (primary N) is 1. The highest BCUT2D eigenvalue weighted by Crippen LogP contribution is 2.36. The first-order valence-corrected chi connectivity index (χ1v) is 7.59. The molecule has 0 spiro atoms. The van der Waals surface area contributed by atoms with Crippen molar-refractivity contribution >= 4 is 17.6 Å². The minimum Gasteiger partial charge on any atom is -0.351 e. The van der Waals surface area contributed by atoms with E-state index in [1.807, 2.05) is 4.90 Å². The van der Waals surface area contributed by atoms with Gasteiger partial charge in [0.15, 0.2) is 0 Å². The summed E-state index contributed by atoms with van der Waals surface area (Å²) in [6, 6.07) is 6.35. The molecule has 5 nitrogen and oxygen atoms in total. The second kappa shape index (κ2) is 5.76. The molecule has 0 bridgehead atoms. The van der Waals surface area contributed by atoms with Crippen molar-refractivity contribution in [3.8, 4) is 0 Å². The van der Waals surface area contributed by atoms with Crippen LogP contribution in [-0.2, 0) is 0 Å². The van der Waals surface area contributed by atoms with Gasteiger partial charge in [-0.15, -0.1) is 0 Å². The molecule has 3 amide bonds. The summed E-state index contributed by atoms with van der Waals surface area (Å²) in [6.07, 6.45) is 5.08. The minimum absolute atomic E-state index is 0.0533. The molecule has 0 aromatic heterocycles. The summed E-state index contributed by atoms with van der Waals surface area (Å²) in [5.41, 5.74) is 6.28. The predicted molar refractivity (Wildman–Crippen MR) is 81.0 cm³/mol. The molecule has 2 atom stereocenters. The molecule has 1 aliphatic heterocycles. The van der Waals surface area contributed by atoms with Gasteiger partial charge in [0, 0.05) is 24.3 Å². The van der Waals surface area contributed by atoms with Gasteiger partial charge in [-0.25, -0.2) is 4.79 Å². The van der Waals surface area contributed by atoms with Gasteiger partial charge in [0.2, 0.25) is 0 Å². The van der Waals surface area contributed by atoms with E-state index in [0.29, 0.717) is 23.1 Å². The number of urea groups is 1. The van der Waals surface area contributed by atoms with Crippen molar-refractivity contribution in [2.75, 3.05) is 18.4 Å². The van der Waals surface area contributed by atoms with Crippen LogP contribution >= 0.6 is 0 Å². The molecule has 1 saturated heterocycles. The Morgan fingerprint density at radius 3 is 2.43 bits per heavy atom. The van der Waals surface area contributed by atoms with Crippen molar-refractivity contribution in [1.29, 1.82) is 0 Å². The van der Waals surface area contributed by atoms with E-state index < -0.39 is 6.03 Å². The molecule has 1 saturated carbocycles. The van der Waals surface area contributed by atoms with Gasteiger partial charge >= 0.3 is 6.03 Å². The molecule has 3 N–H and O–H groups in total. The predicted octanol–water partition coefficient (Wildman–Crippen LogP) is 2.44. The van der Waals surface area contributed by atoms with Crippen LogP contribution in [0.3, 0.4) is 0 Å². The van der Waals surface area contributed by atoms with Gasteiger partial charge in [-0.1, -0.05) is 18.9 Å². The molecule has 112 valence electrons. The fourth-order valence-electron chi connectivity index (χ4n) is 3.63. The number of hydrogen-bond acceptors (Lipinski definition) is 2. The highest BCUT2D eigenvalue weighted by molar-refractivity contribution is 5.96. The van der Waals surface area contributed by atoms with Gasteiger partial charge in [-0.2, -0.15) is 0 Å². The Morgan fingerprint density at radius 2 is 1.81 bits per heavy atom. The lowest BCUT2D eigenvalue weighted by atomic mass is 9.82. The van der Waals surface area contributed by atoms with Crippen molar-refractivity contribution in [3.63, 3.8) is 0 Å². The standard InChI is InChI=1S/C16H21N3O2/c17-16(21)18-14-7-3-6-11(8-14)15(20)19-9-12-4-1-2-5-13(12)10-19/h3,6-8,12-13H,1-2,4-5,9-10H2,(H3,17,18,21).